The van der Waals surface area contributed by atoms with Crippen LogP contribution in [0, 0.1) is 17.3 Å². The molecule has 0 unspecified atom stereocenters. The molecule has 1 saturated carbocycles. The first-order valence-corrected chi connectivity index (χ1v) is 10.0. The maximum atomic E-state index is 12.3. The van der Waals surface area contributed by atoms with Gasteiger partial charge in [-0.25, -0.2) is 0 Å². The van der Waals surface area contributed by atoms with Gasteiger partial charge in [-0.3, -0.25) is 9.59 Å². The first-order valence-electron chi connectivity index (χ1n) is 10.0. The minimum atomic E-state index is -0.344. The molecule has 1 fully saturated rings. The van der Waals surface area contributed by atoms with E-state index < -0.39 is 0 Å². The highest BCUT2D eigenvalue weighted by atomic mass is 16.5. The Hall–Kier alpha value is -1.64. The van der Waals surface area contributed by atoms with Gasteiger partial charge in [0.05, 0.1) is 0 Å². The molecule has 3 atom stereocenters. The molecule has 0 heterocycles. The van der Waals surface area contributed by atoms with Crippen LogP contribution in [0.1, 0.15) is 71.8 Å². The number of benzene rings is 1. The predicted octanol–water partition coefficient (Wildman–Crippen LogP) is 5.36. The summed E-state index contributed by atoms with van der Waals surface area (Å²) >= 11 is 0. The van der Waals surface area contributed by atoms with Gasteiger partial charge in [0.2, 0.25) is 0 Å². The van der Waals surface area contributed by atoms with Gasteiger partial charge in [0, 0.05) is 12.3 Å². The Morgan fingerprint density at radius 3 is 2.46 bits per heavy atom. The number of rotatable bonds is 7. The third-order valence-electron chi connectivity index (χ3n) is 5.55. The topological polar surface area (TPSA) is 43.4 Å². The van der Waals surface area contributed by atoms with E-state index in [2.05, 4.69) is 39.8 Å². The molecule has 2 rings (SSSR count). The van der Waals surface area contributed by atoms with E-state index in [4.69, 9.17) is 4.74 Å². The smallest absolute Gasteiger partial charge is 0.313 e. The van der Waals surface area contributed by atoms with Crippen LogP contribution in [0.4, 0.5) is 0 Å². The van der Waals surface area contributed by atoms with E-state index >= 15 is 0 Å². The first kappa shape index (κ1) is 20.7. The average Bonchev–Trinajstić information content (AvgIpc) is 2.54. The molecule has 26 heavy (non-hydrogen) atoms. The van der Waals surface area contributed by atoms with Crippen molar-refractivity contribution in [1.82, 2.24) is 0 Å². The molecule has 1 aromatic rings. The SMILES string of the molecule is C[C@@H]1CC[C@@H](C(C)(C)C)[C@@H](OC(=O)CC(=O)CCCc2ccccc2)C1. The monoisotopic (exact) mass is 358 g/mol. The van der Waals surface area contributed by atoms with Crippen LogP contribution in [0.3, 0.4) is 0 Å². The van der Waals surface area contributed by atoms with Crippen LogP contribution in [0.2, 0.25) is 0 Å². The largest absolute Gasteiger partial charge is 0.462 e. The van der Waals surface area contributed by atoms with Crippen LogP contribution >= 0.6 is 0 Å². The molecule has 0 spiro atoms. The normalized spacial score (nSPS) is 23.5. The molecular weight excluding hydrogens is 324 g/mol. The van der Waals surface area contributed by atoms with E-state index in [0.29, 0.717) is 18.3 Å². The number of hydrogen-bond donors (Lipinski definition) is 0. The Kier molecular flexibility index (Phi) is 7.43. The quantitative estimate of drug-likeness (QED) is 0.486. The molecule has 0 saturated heterocycles. The van der Waals surface area contributed by atoms with Gasteiger partial charge in [-0.1, -0.05) is 64.4 Å². The summed E-state index contributed by atoms with van der Waals surface area (Å²) in [6.45, 7) is 8.85. The van der Waals surface area contributed by atoms with E-state index in [1.54, 1.807) is 0 Å². The summed E-state index contributed by atoms with van der Waals surface area (Å²) < 4.78 is 5.78. The van der Waals surface area contributed by atoms with Crippen molar-refractivity contribution in [2.45, 2.75) is 78.7 Å². The number of carbonyl (C=O) groups is 2. The second kappa shape index (κ2) is 9.34. The highest BCUT2D eigenvalue weighted by molar-refractivity contribution is 5.95. The van der Waals surface area contributed by atoms with E-state index in [-0.39, 0.29) is 29.7 Å². The summed E-state index contributed by atoms with van der Waals surface area (Å²) in [6.07, 6.45) is 5.14. The van der Waals surface area contributed by atoms with Gasteiger partial charge < -0.3 is 4.74 Å². The van der Waals surface area contributed by atoms with Crippen LogP contribution in [-0.4, -0.2) is 17.9 Å². The molecule has 144 valence electrons. The summed E-state index contributed by atoms with van der Waals surface area (Å²) in [5.74, 6) is 0.592. The van der Waals surface area contributed by atoms with Crippen molar-refractivity contribution >= 4 is 11.8 Å². The second-order valence-corrected chi connectivity index (χ2v) is 8.97. The zero-order valence-corrected chi connectivity index (χ0v) is 16.8. The fraction of sp³-hybridized carbons (Fsp3) is 0.652. The Morgan fingerprint density at radius 2 is 1.81 bits per heavy atom. The van der Waals surface area contributed by atoms with Crippen molar-refractivity contribution in [3.8, 4) is 0 Å². The average molecular weight is 359 g/mol. The number of carbonyl (C=O) groups excluding carboxylic acids is 2. The zero-order valence-electron chi connectivity index (χ0n) is 16.8. The molecule has 0 bridgehead atoms. The highest BCUT2D eigenvalue weighted by Crippen LogP contribution is 2.41. The van der Waals surface area contributed by atoms with Crippen LogP contribution in [-0.2, 0) is 20.7 Å². The molecule has 3 nitrogen and oxygen atoms in total. The van der Waals surface area contributed by atoms with Gasteiger partial charge >= 0.3 is 5.97 Å². The number of aryl methyl sites for hydroxylation is 1. The van der Waals surface area contributed by atoms with Crippen LogP contribution in [0.25, 0.3) is 0 Å². The van der Waals surface area contributed by atoms with Crippen LogP contribution in [0.5, 0.6) is 0 Å². The third kappa shape index (κ3) is 6.59. The molecule has 1 aliphatic carbocycles. The number of hydrogen-bond acceptors (Lipinski definition) is 3. The maximum Gasteiger partial charge on any atom is 0.313 e. The summed E-state index contributed by atoms with van der Waals surface area (Å²) in [7, 11) is 0. The van der Waals surface area contributed by atoms with Crippen molar-refractivity contribution in [3.05, 3.63) is 35.9 Å². The van der Waals surface area contributed by atoms with Gasteiger partial charge in [0.25, 0.3) is 0 Å². The number of ketones is 1. The lowest BCUT2D eigenvalue weighted by Crippen LogP contribution is -2.40. The zero-order chi connectivity index (χ0) is 19.2. The number of ether oxygens (including phenoxy) is 1. The van der Waals surface area contributed by atoms with Gasteiger partial charge in [0.15, 0.2) is 0 Å². The molecule has 1 aliphatic rings. The Morgan fingerprint density at radius 1 is 1.12 bits per heavy atom. The Balaban J connectivity index is 1.78. The molecule has 0 N–H and O–H groups in total. The summed E-state index contributed by atoms with van der Waals surface area (Å²) in [6, 6.07) is 10.1. The van der Waals surface area contributed by atoms with E-state index in [9.17, 15) is 9.59 Å². The standard InChI is InChI=1S/C23H34O3/c1-17-13-14-20(23(2,3)4)21(15-17)26-22(25)16-19(24)12-8-11-18-9-6-5-7-10-18/h5-7,9-10,17,20-21H,8,11-16H2,1-4H3/t17-,20-,21+/m1/s1. The number of esters is 1. The lowest BCUT2D eigenvalue weighted by molar-refractivity contribution is -0.159. The Labute approximate surface area is 158 Å². The molecular formula is C23H34O3. The molecule has 1 aromatic carbocycles. The highest BCUT2D eigenvalue weighted by Gasteiger charge is 2.38. The van der Waals surface area contributed by atoms with Gasteiger partial charge in [-0.15, -0.1) is 0 Å². The minimum Gasteiger partial charge on any atom is -0.462 e. The van der Waals surface area contributed by atoms with E-state index in [0.717, 1.165) is 25.7 Å². The fourth-order valence-corrected chi connectivity index (χ4v) is 4.04. The van der Waals surface area contributed by atoms with E-state index in [1.165, 1.54) is 12.0 Å². The van der Waals surface area contributed by atoms with Crippen molar-refractivity contribution in [2.24, 2.45) is 17.3 Å². The maximum absolute atomic E-state index is 12.3. The molecule has 0 radical (unpaired) electrons. The Bertz CT molecular complexity index is 585. The fourth-order valence-electron chi connectivity index (χ4n) is 4.04. The first-order chi connectivity index (χ1) is 12.3. The number of Topliss-reactive ketones (excluding diaryl/α,β-unsaturated/α-hetero) is 1. The molecule has 3 heteroatoms. The van der Waals surface area contributed by atoms with Crippen LogP contribution < -0.4 is 0 Å². The second-order valence-electron chi connectivity index (χ2n) is 8.97. The molecule has 0 aromatic heterocycles. The molecule has 0 aliphatic heterocycles. The van der Waals surface area contributed by atoms with Gasteiger partial charge in [-0.05, 0) is 42.6 Å². The van der Waals surface area contributed by atoms with Crippen molar-refractivity contribution in [1.29, 1.82) is 0 Å². The lowest BCUT2D eigenvalue weighted by Gasteiger charge is -2.41. The van der Waals surface area contributed by atoms with Gasteiger partial charge in [-0.2, -0.15) is 0 Å². The molecule has 0 amide bonds. The van der Waals surface area contributed by atoms with Crippen molar-refractivity contribution < 1.29 is 14.3 Å². The predicted molar refractivity (Wildman–Crippen MR) is 105 cm³/mol. The third-order valence-corrected chi connectivity index (χ3v) is 5.55. The summed E-state index contributed by atoms with van der Waals surface area (Å²) in [5.41, 5.74) is 1.34. The van der Waals surface area contributed by atoms with Crippen molar-refractivity contribution in [2.75, 3.05) is 0 Å². The van der Waals surface area contributed by atoms with E-state index in [1.807, 2.05) is 18.2 Å². The van der Waals surface area contributed by atoms with Gasteiger partial charge in [0.1, 0.15) is 18.3 Å². The lowest BCUT2D eigenvalue weighted by atomic mass is 9.68. The van der Waals surface area contributed by atoms with Crippen LogP contribution in [0.15, 0.2) is 30.3 Å². The minimum absolute atomic E-state index is 0.0119. The summed E-state index contributed by atoms with van der Waals surface area (Å²) in [5, 5.41) is 0. The van der Waals surface area contributed by atoms with Crippen molar-refractivity contribution in [3.63, 3.8) is 0 Å². The summed E-state index contributed by atoms with van der Waals surface area (Å²) in [4.78, 5) is 24.4.